The van der Waals surface area contributed by atoms with Crippen LogP contribution in [0.1, 0.15) is 12.1 Å². The Kier molecular flexibility index (Phi) is 7.06. The van der Waals surface area contributed by atoms with E-state index in [1.165, 1.54) is 0 Å². The highest BCUT2D eigenvalue weighted by Crippen LogP contribution is 2.28. The number of hydrogen-bond acceptors (Lipinski definition) is 4. The van der Waals surface area contributed by atoms with E-state index in [-0.39, 0.29) is 13.0 Å². The van der Waals surface area contributed by atoms with E-state index in [1.807, 2.05) is 48.7 Å². The highest BCUT2D eigenvalue weighted by atomic mass is 35.5. The largest absolute Gasteiger partial charge is 0.490 e. The topological polar surface area (TPSA) is 69.7 Å². The van der Waals surface area contributed by atoms with Crippen molar-refractivity contribution in [3.8, 4) is 11.4 Å². The van der Waals surface area contributed by atoms with Crippen LogP contribution in [0.5, 0.6) is 5.75 Å². The first-order chi connectivity index (χ1) is 15.4. The molecule has 4 rings (SSSR count). The molecule has 32 heavy (non-hydrogen) atoms. The van der Waals surface area contributed by atoms with Crippen LogP contribution in [0.25, 0.3) is 5.69 Å². The number of para-hydroxylation sites is 1. The maximum Gasteiger partial charge on any atom is 0.220 e. The molecule has 2 aromatic carbocycles. The second-order valence-corrected chi connectivity index (χ2v) is 8.80. The summed E-state index contributed by atoms with van der Waals surface area (Å²) in [6.45, 7) is 2.56. The first kappa shape index (κ1) is 22.7. The molecule has 1 fully saturated rings. The number of amides is 1. The Morgan fingerprint density at radius 3 is 2.75 bits per heavy atom. The Balaban J connectivity index is 1.51. The second kappa shape index (κ2) is 9.96. The maximum atomic E-state index is 11.9. The minimum absolute atomic E-state index is 0.0651. The van der Waals surface area contributed by atoms with Crippen LogP contribution in [0.15, 0.2) is 66.9 Å². The van der Waals surface area contributed by atoms with E-state index in [1.54, 1.807) is 12.1 Å². The highest BCUT2D eigenvalue weighted by Gasteiger charge is 2.39. The molecule has 168 valence electrons. The van der Waals surface area contributed by atoms with Crippen molar-refractivity contribution in [1.82, 2.24) is 9.47 Å². The van der Waals surface area contributed by atoms with Gasteiger partial charge in [-0.05, 0) is 42.5 Å². The van der Waals surface area contributed by atoms with E-state index in [0.717, 1.165) is 17.9 Å². The fourth-order valence-corrected chi connectivity index (χ4v) is 4.46. The van der Waals surface area contributed by atoms with Gasteiger partial charge in [-0.15, -0.1) is 0 Å². The van der Waals surface area contributed by atoms with E-state index < -0.39 is 11.5 Å². The molecule has 1 amide bonds. The van der Waals surface area contributed by atoms with Gasteiger partial charge in [-0.1, -0.05) is 41.4 Å². The molecule has 1 aliphatic heterocycles. The molecule has 3 aromatic rings. The molecule has 2 N–H and O–H groups in total. The van der Waals surface area contributed by atoms with Crippen LogP contribution < -0.4 is 10.5 Å². The molecule has 2 heterocycles. The summed E-state index contributed by atoms with van der Waals surface area (Å²) in [5, 5.41) is 1.27. The van der Waals surface area contributed by atoms with Gasteiger partial charge >= 0.3 is 0 Å². The van der Waals surface area contributed by atoms with Gasteiger partial charge in [0.05, 0.1) is 23.7 Å². The highest BCUT2D eigenvalue weighted by molar-refractivity contribution is 6.32. The zero-order valence-electron chi connectivity index (χ0n) is 17.5. The third kappa shape index (κ3) is 5.45. The lowest BCUT2D eigenvalue weighted by atomic mass is 9.97. The summed E-state index contributed by atoms with van der Waals surface area (Å²) >= 11 is 12.5. The molecular weight excluding hydrogens is 449 g/mol. The Morgan fingerprint density at radius 2 is 1.97 bits per heavy atom. The maximum absolute atomic E-state index is 11.9. The Labute approximate surface area is 197 Å². The Bertz CT molecular complexity index is 1090. The van der Waals surface area contributed by atoms with Crippen LogP contribution in [0.3, 0.4) is 0 Å². The van der Waals surface area contributed by atoms with Gasteiger partial charge in [-0.3, -0.25) is 9.69 Å². The summed E-state index contributed by atoms with van der Waals surface area (Å²) < 4.78 is 14.1. The molecule has 0 unspecified atom stereocenters. The molecule has 0 saturated carbocycles. The number of ether oxygens (including phenoxy) is 2. The van der Waals surface area contributed by atoms with Crippen molar-refractivity contribution in [2.24, 2.45) is 5.73 Å². The first-order valence-corrected chi connectivity index (χ1v) is 11.1. The normalized spacial score (nSPS) is 19.1. The van der Waals surface area contributed by atoms with E-state index in [0.29, 0.717) is 35.5 Å². The number of aromatic nitrogens is 1. The quantitative estimate of drug-likeness (QED) is 0.529. The van der Waals surface area contributed by atoms with Gasteiger partial charge in [0.2, 0.25) is 5.91 Å². The number of nitrogens with zero attached hydrogens (tertiary/aromatic N) is 2. The van der Waals surface area contributed by atoms with Crippen molar-refractivity contribution in [2.75, 3.05) is 26.3 Å². The summed E-state index contributed by atoms with van der Waals surface area (Å²) in [4.78, 5) is 14.1. The number of benzene rings is 2. The van der Waals surface area contributed by atoms with E-state index in [2.05, 4.69) is 15.5 Å². The number of hydrogen-bond donors (Lipinski definition) is 1. The number of carbonyl (C=O) groups is 1. The predicted molar refractivity (Wildman–Crippen MR) is 125 cm³/mol. The van der Waals surface area contributed by atoms with Gasteiger partial charge in [0, 0.05) is 36.5 Å². The molecule has 1 aromatic heterocycles. The summed E-state index contributed by atoms with van der Waals surface area (Å²) in [6.07, 6.45) is 2.06. The fourth-order valence-electron chi connectivity index (χ4n) is 4.05. The molecule has 0 bridgehead atoms. The molecule has 0 aliphatic carbocycles. The van der Waals surface area contributed by atoms with Crippen LogP contribution in [0, 0.1) is 0 Å². The SMILES string of the molecule is NC(=O)C[C@@]1(COc2cccc(Cl)c2)CN(Cc2cccn2-c2ccccc2Cl)CCO1. The minimum Gasteiger partial charge on any atom is -0.490 e. The Hall–Kier alpha value is -2.51. The van der Waals surface area contributed by atoms with Crippen molar-refractivity contribution in [3.63, 3.8) is 0 Å². The predicted octanol–water partition coefficient (Wildman–Crippen LogP) is 4.31. The van der Waals surface area contributed by atoms with Crippen molar-refractivity contribution >= 4 is 29.1 Å². The van der Waals surface area contributed by atoms with E-state index in [9.17, 15) is 4.79 Å². The average Bonchev–Trinajstić information content (AvgIpc) is 3.20. The standard InChI is InChI=1S/C24H25Cl2N3O3/c25-18-5-3-7-20(13-18)31-17-24(14-23(27)30)16-28(11-12-32-24)15-19-6-4-10-29(19)22-9-2-1-8-21(22)26/h1-10,13H,11-12,14-17H2,(H2,27,30)/t24-/m0/s1. The van der Waals surface area contributed by atoms with Crippen LogP contribution in [0.4, 0.5) is 0 Å². The van der Waals surface area contributed by atoms with Crippen molar-refractivity contribution in [1.29, 1.82) is 0 Å². The lowest BCUT2D eigenvalue weighted by molar-refractivity contribution is -0.148. The van der Waals surface area contributed by atoms with Gasteiger partial charge < -0.3 is 19.8 Å². The number of morpholine rings is 1. The van der Waals surface area contributed by atoms with Crippen molar-refractivity contribution < 1.29 is 14.3 Å². The van der Waals surface area contributed by atoms with Crippen LogP contribution in [-0.2, 0) is 16.1 Å². The van der Waals surface area contributed by atoms with E-state index in [4.69, 9.17) is 38.4 Å². The summed E-state index contributed by atoms with van der Waals surface area (Å²) in [5.41, 5.74) is 6.74. The summed E-state index contributed by atoms with van der Waals surface area (Å²) in [6, 6.07) is 18.9. The smallest absolute Gasteiger partial charge is 0.220 e. The number of nitrogens with two attached hydrogens (primary N) is 1. The zero-order chi connectivity index (χ0) is 22.6. The Morgan fingerprint density at radius 1 is 1.12 bits per heavy atom. The number of rotatable bonds is 8. The molecule has 1 saturated heterocycles. The van der Waals surface area contributed by atoms with E-state index >= 15 is 0 Å². The molecule has 0 radical (unpaired) electrons. The van der Waals surface area contributed by atoms with Gasteiger partial charge in [-0.25, -0.2) is 0 Å². The third-order valence-corrected chi connectivity index (χ3v) is 6.01. The number of halogens is 2. The second-order valence-electron chi connectivity index (χ2n) is 7.95. The lowest BCUT2D eigenvalue weighted by Crippen LogP contribution is -2.56. The number of primary amides is 1. The van der Waals surface area contributed by atoms with Crippen LogP contribution in [0.2, 0.25) is 10.0 Å². The third-order valence-electron chi connectivity index (χ3n) is 5.45. The van der Waals surface area contributed by atoms with Crippen LogP contribution in [-0.4, -0.2) is 47.3 Å². The van der Waals surface area contributed by atoms with Crippen molar-refractivity contribution in [3.05, 3.63) is 82.6 Å². The molecule has 8 heteroatoms. The summed E-state index contributed by atoms with van der Waals surface area (Å²) in [7, 11) is 0. The monoisotopic (exact) mass is 473 g/mol. The molecule has 0 spiro atoms. The molecule has 1 aliphatic rings. The van der Waals surface area contributed by atoms with Gasteiger partial charge in [0.1, 0.15) is 18.0 Å². The van der Waals surface area contributed by atoms with Gasteiger partial charge in [0.15, 0.2) is 0 Å². The first-order valence-electron chi connectivity index (χ1n) is 10.4. The molecule has 1 atom stereocenters. The fraction of sp³-hybridized carbons (Fsp3) is 0.292. The van der Waals surface area contributed by atoms with Crippen LogP contribution >= 0.6 is 23.2 Å². The number of carbonyl (C=O) groups excluding carboxylic acids is 1. The van der Waals surface area contributed by atoms with Gasteiger partial charge in [0.25, 0.3) is 0 Å². The lowest BCUT2D eigenvalue weighted by Gasteiger charge is -2.42. The van der Waals surface area contributed by atoms with Crippen molar-refractivity contribution in [2.45, 2.75) is 18.6 Å². The summed E-state index contributed by atoms with van der Waals surface area (Å²) in [5.74, 6) is 0.190. The van der Waals surface area contributed by atoms with Gasteiger partial charge in [-0.2, -0.15) is 0 Å². The zero-order valence-corrected chi connectivity index (χ0v) is 19.1. The minimum atomic E-state index is -0.839. The average molecular weight is 474 g/mol. The molecule has 6 nitrogen and oxygen atoms in total. The molecular formula is C24H25Cl2N3O3.